The molecule has 0 heterocycles. The van der Waals surface area contributed by atoms with Crippen molar-refractivity contribution in [2.75, 3.05) is 13.7 Å². The Morgan fingerprint density at radius 3 is 2.53 bits per heavy atom. The van der Waals surface area contributed by atoms with Crippen molar-refractivity contribution in [3.63, 3.8) is 0 Å². The van der Waals surface area contributed by atoms with Crippen LogP contribution in [-0.2, 0) is 4.74 Å². The lowest BCUT2D eigenvalue weighted by Crippen LogP contribution is -2.46. The topological polar surface area (TPSA) is 21.3 Å². The second-order valence-electron chi connectivity index (χ2n) is 5.75. The van der Waals surface area contributed by atoms with E-state index in [1.807, 2.05) is 0 Å². The minimum Gasteiger partial charge on any atom is -0.383 e. The van der Waals surface area contributed by atoms with Crippen LogP contribution in [0.4, 0.5) is 0 Å². The predicted octanol–water partition coefficient (Wildman–Crippen LogP) is 2.44. The Balaban J connectivity index is 1.84. The molecule has 0 amide bonds. The Bertz CT molecular complexity index is 205. The normalized spacial score (nSPS) is 36.4. The Labute approximate surface area is 93.8 Å². The molecule has 0 aromatic heterocycles. The van der Waals surface area contributed by atoms with E-state index in [-0.39, 0.29) is 0 Å². The van der Waals surface area contributed by atoms with E-state index in [0.29, 0.717) is 12.0 Å². The van der Waals surface area contributed by atoms with Crippen LogP contribution in [0.25, 0.3) is 0 Å². The van der Waals surface area contributed by atoms with Crippen molar-refractivity contribution >= 4 is 0 Å². The Kier molecular flexibility index (Phi) is 3.68. The molecule has 2 rings (SSSR count). The molecule has 0 radical (unpaired) electrons. The van der Waals surface area contributed by atoms with Gasteiger partial charge in [-0.2, -0.15) is 0 Å². The number of ether oxygens (including phenoxy) is 1. The van der Waals surface area contributed by atoms with Gasteiger partial charge in [-0.05, 0) is 37.0 Å². The molecule has 15 heavy (non-hydrogen) atoms. The minimum atomic E-state index is 0.541. The molecule has 4 unspecified atom stereocenters. The Morgan fingerprint density at radius 2 is 2.07 bits per heavy atom. The molecule has 4 atom stereocenters. The maximum atomic E-state index is 5.29. The number of nitrogens with one attached hydrogen (secondary N) is 1. The van der Waals surface area contributed by atoms with Crippen molar-refractivity contribution in [1.82, 2.24) is 5.32 Å². The van der Waals surface area contributed by atoms with Crippen molar-refractivity contribution in [3.8, 4) is 0 Å². The van der Waals surface area contributed by atoms with Gasteiger partial charge in [0.15, 0.2) is 0 Å². The molecular formula is C13H25NO. The van der Waals surface area contributed by atoms with Crippen LogP contribution >= 0.6 is 0 Å². The van der Waals surface area contributed by atoms with Gasteiger partial charge in [0, 0.05) is 19.2 Å². The van der Waals surface area contributed by atoms with Crippen molar-refractivity contribution in [1.29, 1.82) is 0 Å². The summed E-state index contributed by atoms with van der Waals surface area (Å²) >= 11 is 0. The number of rotatable bonds is 5. The van der Waals surface area contributed by atoms with Crippen molar-refractivity contribution in [2.45, 2.75) is 51.6 Å². The van der Waals surface area contributed by atoms with Crippen LogP contribution < -0.4 is 5.32 Å². The molecule has 2 aliphatic carbocycles. The molecule has 0 aromatic rings. The van der Waals surface area contributed by atoms with Gasteiger partial charge in [-0.15, -0.1) is 0 Å². The van der Waals surface area contributed by atoms with Crippen molar-refractivity contribution < 1.29 is 4.74 Å². The minimum absolute atomic E-state index is 0.541. The molecule has 2 saturated carbocycles. The van der Waals surface area contributed by atoms with Gasteiger partial charge < -0.3 is 10.1 Å². The summed E-state index contributed by atoms with van der Waals surface area (Å²) < 4.78 is 5.29. The first-order chi connectivity index (χ1) is 7.20. The number of methoxy groups -OCH3 is 1. The quantitative estimate of drug-likeness (QED) is 0.754. The van der Waals surface area contributed by atoms with Gasteiger partial charge in [-0.25, -0.2) is 0 Å². The first-order valence-electron chi connectivity index (χ1n) is 6.45. The lowest BCUT2D eigenvalue weighted by atomic mass is 9.93. The van der Waals surface area contributed by atoms with E-state index in [4.69, 9.17) is 4.74 Å². The molecule has 0 saturated heterocycles. The summed E-state index contributed by atoms with van der Waals surface area (Å²) in [4.78, 5) is 0. The monoisotopic (exact) mass is 211 g/mol. The highest BCUT2D eigenvalue weighted by molar-refractivity contribution is 4.95. The summed E-state index contributed by atoms with van der Waals surface area (Å²) in [6.45, 7) is 5.42. The van der Waals surface area contributed by atoms with Crippen LogP contribution in [0.1, 0.15) is 39.5 Å². The summed E-state index contributed by atoms with van der Waals surface area (Å²) in [6, 6.07) is 1.32. The van der Waals surface area contributed by atoms with Crippen molar-refractivity contribution in [2.24, 2.45) is 17.8 Å². The first-order valence-corrected chi connectivity index (χ1v) is 6.45. The predicted molar refractivity (Wildman–Crippen MR) is 62.9 cm³/mol. The first kappa shape index (κ1) is 11.4. The molecular weight excluding hydrogens is 186 g/mol. The average Bonchev–Trinajstić information content (AvgIpc) is 2.78. The van der Waals surface area contributed by atoms with Crippen LogP contribution in [0.5, 0.6) is 0 Å². The van der Waals surface area contributed by atoms with Crippen LogP contribution in [0.2, 0.25) is 0 Å². The van der Waals surface area contributed by atoms with E-state index >= 15 is 0 Å². The Hall–Kier alpha value is -0.0800. The third-order valence-electron chi connectivity index (χ3n) is 4.32. The zero-order valence-corrected chi connectivity index (χ0v) is 10.3. The molecule has 2 fully saturated rings. The Morgan fingerprint density at radius 1 is 1.27 bits per heavy atom. The van der Waals surface area contributed by atoms with Crippen LogP contribution in [0.3, 0.4) is 0 Å². The van der Waals surface area contributed by atoms with Crippen LogP contribution in [0.15, 0.2) is 0 Å². The van der Waals surface area contributed by atoms with E-state index in [9.17, 15) is 0 Å². The molecule has 2 bridgehead atoms. The summed E-state index contributed by atoms with van der Waals surface area (Å²) in [7, 11) is 1.80. The highest BCUT2D eigenvalue weighted by Gasteiger charge is 2.40. The standard InChI is InChI=1S/C13H25NO/c1-9(2)13(8-15-3)14-12-7-10-4-5-11(12)6-10/h9-14H,4-8H2,1-3H3. The van der Waals surface area contributed by atoms with E-state index < -0.39 is 0 Å². The molecule has 1 N–H and O–H groups in total. The fourth-order valence-corrected chi connectivity index (χ4v) is 3.34. The summed E-state index contributed by atoms with van der Waals surface area (Å²) in [5, 5.41) is 3.82. The third kappa shape index (κ3) is 2.54. The van der Waals surface area contributed by atoms with Gasteiger partial charge in [0.05, 0.1) is 6.61 Å². The van der Waals surface area contributed by atoms with Crippen LogP contribution in [0, 0.1) is 17.8 Å². The second-order valence-corrected chi connectivity index (χ2v) is 5.75. The number of hydrogen-bond acceptors (Lipinski definition) is 2. The molecule has 0 aliphatic heterocycles. The van der Waals surface area contributed by atoms with E-state index in [2.05, 4.69) is 19.2 Å². The highest BCUT2D eigenvalue weighted by Crippen LogP contribution is 2.44. The van der Waals surface area contributed by atoms with E-state index in [1.54, 1.807) is 7.11 Å². The average molecular weight is 211 g/mol. The molecule has 0 aromatic carbocycles. The fraction of sp³-hybridized carbons (Fsp3) is 1.00. The third-order valence-corrected chi connectivity index (χ3v) is 4.32. The van der Waals surface area contributed by atoms with Gasteiger partial charge >= 0.3 is 0 Å². The van der Waals surface area contributed by atoms with Gasteiger partial charge in [-0.1, -0.05) is 20.3 Å². The fourth-order valence-electron chi connectivity index (χ4n) is 3.34. The van der Waals surface area contributed by atoms with E-state index in [1.165, 1.54) is 25.7 Å². The SMILES string of the molecule is COCC(NC1CC2CCC1C2)C(C)C. The highest BCUT2D eigenvalue weighted by atomic mass is 16.5. The molecule has 2 aliphatic rings. The summed E-state index contributed by atoms with van der Waals surface area (Å²) in [5.41, 5.74) is 0. The van der Waals surface area contributed by atoms with Gasteiger partial charge in [0.25, 0.3) is 0 Å². The van der Waals surface area contributed by atoms with Crippen molar-refractivity contribution in [3.05, 3.63) is 0 Å². The summed E-state index contributed by atoms with van der Waals surface area (Å²) in [6.07, 6.45) is 5.84. The second kappa shape index (κ2) is 4.84. The number of fused-ring (bicyclic) bond motifs is 2. The lowest BCUT2D eigenvalue weighted by Gasteiger charge is -2.30. The van der Waals surface area contributed by atoms with Crippen LogP contribution in [-0.4, -0.2) is 25.8 Å². The zero-order chi connectivity index (χ0) is 10.8. The van der Waals surface area contributed by atoms with Gasteiger partial charge in [-0.3, -0.25) is 0 Å². The lowest BCUT2D eigenvalue weighted by molar-refractivity contribution is 0.133. The largest absolute Gasteiger partial charge is 0.383 e. The molecule has 2 nitrogen and oxygen atoms in total. The number of hydrogen-bond donors (Lipinski definition) is 1. The van der Waals surface area contributed by atoms with Gasteiger partial charge in [0.2, 0.25) is 0 Å². The molecule has 0 spiro atoms. The van der Waals surface area contributed by atoms with Gasteiger partial charge in [0.1, 0.15) is 0 Å². The molecule has 88 valence electrons. The summed E-state index contributed by atoms with van der Waals surface area (Å²) in [5.74, 6) is 2.67. The maximum Gasteiger partial charge on any atom is 0.0618 e. The smallest absolute Gasteiger partial charge is 0.0618 e. The maximum absolute atomic E-state index is 5.29. The van der Waals surface area contributed by atoms with E-state index in [0.717, 1.165) is 24.5 Å². The molecule has 2 heteroatoms. The zero-order valence-electron chi connectivity index (χ0n) is 10.3.